The maximum Gasteiger partial charge on any atom is 0.270 e. The van der Waals surface area contributed by atoms with E-state index < -0.39 is 5.60 Å². The van der Waals surface area contributed by atoms with Crippen molar-refractivity contribution in [1.29, 1.82) is 0 Å². The number of ether oxygens (including phenoxy) is 2. The number of benzene rings is 1. The Hall–Kier alpha value is -1.88. The quantitative estimate of drug-likeness (QED) is 0.864. The predicted molar refractivity (Wildman–Crippen MR) is 77.3 cm³/mol. The van der Waals surface area contributed by atoms with Gasteiger partial charge in [-0.05, 0) is 44.9 Å². The zero-order valence-electron chi connectivity index (χ0n) is 12.6. The average Bonchev–Trinajstić information content (AvgIpc) is 3.10. The summed E-state index contributed by atoms with van der Waals surface area (Å²) >= 11 is 0. The molecule has 3 rings (SSSR count). The Morgan fingerprint density at radius 3 is 2.90 bits per heavy atom. The Balaban J connectivity index is 1.77. The summed E-state index contributed by atoms with van der Waals surface area (Å²) in [5.74, 6) is 2.23. The zero-order chi connectivity index (χ0) is 14.9. The standard InChI is InChI=1S/C16H20N2O3/c1-11-5-4-6-13(9-11)20-16(2,3)15-17-14(18-21-15)12-7-8-19-10-12/h4-6,9,12H,7-8,10H2,1-3H3. The molecular formula is C16H20N2O3. The van der Waals surface area contributed by atoms with Gasteiger partial charge in [0.15, 0.2) is 11.4 Å². The largest absolute Gasteiger partial charge is 0.478 e. The van der Waals surface area contributed by atoms with E-state index >= 15 is 0 Å². The van der Waals surface area contributed by atoms with Gasteiger partial charge >= 0.3 is 0 Å². The molecule has 0 aliphatic carbocycles. The van der Waals surface area contributed by atoms with Crippen molar-refractivity contribution in [2.45, 2.75) is 38.7 Å². The molecule has 21 heavy (non-hydrogen) atoms. The van der Waals surface area contributed by atoms with E-state index in [4.69, 9.17) is 14.0 Å². The molecule has 1 unspecified atom stereocenters. The molecule has 1 aliphatic heterocycles. The monoisotopic (exact) mass is 288 g/mol. The molecule has 5 nitrogen and oxygen atoms in total. The summed E-state index contributed by atoms with van der Waals surface area (Å²) in [6.45, 7) is 7.32. The molecule has 5 heteroatoms. The normalized spacial score (nSPS) is 18.9. The molecule has 0 bridgehead atoms. The van der Waals surface area contributed by atoms with Crippen LogP contribution in [-0.2, 0) is 10.3 Å². The van der Waals surface area contributed by atoms with E-state index in [2.05, 4.69) is 10.1 Å². The molecule has 1 aromatic carbocycles. The lowest BCUT2D eigenvalue weighted by atomic mass is 10.1. The Kier molecular flexibility index (Phi) is 3.68. The third-order valence-electron chi connectivity index (χ3n) is 3.61. The van der Waals surface area contributed by atoms with Crippen molar-refractivity contribution in [1.82, 2.24) is 10.1 Å². The van der Waals surface area contributed by atoms with Crippen LogP contribution < -0.4 is 4.74 Å². The van der Waals surface area contributed by atoms with Gasteiger partial charge in [0.25, 0.3) is 5.89 Å². The maximum atomic E-state index is 6.02. The summed E-state index contributed by atoms with van der Waals surface area (Å²) in [4.78, 5) is 4.50. The highest BCUT2D eigenvalue weighted by Gasteiger charge is 2.32. The van der Waals surface area contributed by atoms with Crippen LogP contribution in [0.3, 0.4) is 0 Å². The fourth-order valence-corrected chi connectivity index (χ4v) is 2.40. The third kappa shape index (κ3) is 3.08. The lowest BCUT2D eigenvalue weighted by molar-refractivity contribution is 0.0691. The van der Waals surface area contributed by atoms with Crippen LogP contribution in [0.4, 0.5) is 0 Å². The number of rotatable bonds is 4. The number of aryl methyl sites for hydroxylation is 1. The van der Waals surface area contributed by atoms with Crippen molar-refractivity contribution in [3.63, 3.8) is 0 Å². The molecule has 1 saturated heterocycles. The van der Waals surface area contributed by atoms with Crippen molar-refractivity contribution in [3.8, 4) is 5.75 Å². The molecule has 0 N–H and O–H groups in total. The van der Waals surface area contributed by atoms with Crippen LogP contribution in [-0.4, -0.2) is 23.4 Å². The van der Waals surface area contributed by atoms with Gasteiger partial charge in [0.2, 0.25) is 0 Å². The summed E-state index contributed by atoms with van der Waals surface area (Å²) in [6.07, 6.45) is 0.943. The first-order valence-corrected chi connectivity index (χ1v) is 7.22. The SMILES string of the molecule is Cc1cccc(OC(C)(C)c2nc(C3CCOC3)no2)c1. The molecule has 0 amide bonds. The second-order valence-corrected chi connectivity index (χ2v) is 5.95. The van der Waals surface area contributed by atoms with Crippen LogP contribution >= 0.6 is 0 Å². The Morgan fingerprint density at radius 1 is 1.33 bits per heavy atom. The Labute approximate surface area is 124 Å². The number of aromatic nitrogens is 2. The third-order valence-corrected chi connectivity index (χ3v) is 3.61. The number of hydrogen-bond acceptors (Lipinski definition) is 5. The first-order chi connectivity index (χ1) is 10.0. The van der Waals surface area contributed by atoms with Gasteiger partial charge in [-0.2, -0.15) is 4.98 Å². The Bertz CT molecular complexity index is 615. The second kappa shape index (κ2) is 5.48. The number of nitrogens with zero attached hydrogens (tertiary/aromatic N) is 2. The first kappa shape index (κ1) is 14.1. The van der Waals surface area contributed by atoms with Gasteiger partial charge in [-0.25, -0.2) is 0 Å². The molecule has 2 aromatic rings. The van der Waals surface area contributed by atoms with Crippen molar-refractivity contribution >= 4 is 0 Å². The molecule has 1 aliphatic rings. The van der Waals surface area contributed by atoms with Gasteiger partial charge in [0, 0.05) is 12.5 Å². The van der Waals surface area contributed by atoms with E-state index in [1.807, 2.05) is 45.0 Å². The molecule has 1 fully saturated rings. The molecule has 0 radical (unpaired) electrons. The van der Waals surface area contributed by atoms with Gasteiger partial charge in [0.1, 0.15) is 5.75 Å². The lowest BCUT2D eigenvalue weighted by Crippen LogP contribution is -2.26. The van der Waals surface area contributed by atoms with Crippen LogP contribution in [0.25, 0.3) is 0 Å². The highest BCUT2D eigenvalue weighted by atomic mass is 16.5. The summed E-state index contributed by atoms with van der Waals surface area (Å²) in [7, 11) is 0. The van der Waals surface area contributed by atoms with Crippen LogP contribution in [0.5, 0.6) is 5.75 Å². The van der Waals surface area contributed by atoms with Crippen molar-refractivity contribution in [3.05, 3.63) is 41.5 Å². The smallest absolute Gasteiger partial charge is 0.270 e. The molecule has 0 saturated carbocycles. The van der Waals surface area contributed by atoms with E-state index in [-0.39, 0.29) is 5.92 Å². The number of hydrogen-bond donors (Lipinski definition) is 0. The first-order valence-electron chi connectivity index (χ1n) is 7.22. The second-order valence-electron chi connectivity index (χ2n) is 5.95. The minimum atomic E-state index is -0.668. The average molecular weight is 288 g/mol. The summed E-state index contributed by atoms with van der Waals surface area (Å²) in [5, 5.41) is 4.08. The van der Waals surface area contributed by atoms with Gasteiger partial charge < -0.3 is 14.0 Å². The zero-order valence-corrected chi connectivity index (χ0v) is 12.6. The molecule has 1 aromatic heterocycles. The molecule has 2 heterocycles. The summed E-state index contributed by atoms with van der Waals surface area (Å²) in [5.41, 5.74) is 0.482. The fraction of sp³-hybridized carbons (Fsp3) is 0.500. The van der Waals surface area contributed by atoms with Gasteiger partial charge in [-0.15, -0.1) is 0 Å². The fourth-order valence-electron chi connectivity index (χ4n) is 2.40. The van der Waals surface area contributed by atoms with Crippen LogP contribution in [0.15, 0.2) is 28.8 Å². The minimum absolute atomic E-state index is 0.234. The van der Waals surface area contributed by atoms with E-state index in [1.54, 1.807) is 0 Å². The van der Waals surface area contributed by atoms with Gasteiger partial charge in [-0.3, -0.25) is 0 Å². The van der Waals surface area contributed by atoms with Crippen LogP contribution in [0.2, 0.25) is 0 Å². The topological polar surface area (TPSA) is 57.4 Å². The van der Waals surface area contributed by atoms with E-state index in [0.717, 1.165) is 24.3 Å². The van der Waals surface area contributed by atoms with Crippen molar-refractivity contribution < 1.29 is 14.0 Å². The highest BCUT2D eigenvalue weighted by molar-refractivity contribution is 5.28. The van der Waals surface area contributed by atoms with Crippen molar-refractivity contribution in [2.75, 3.05) is 13.2 Å². The van der Waals surface area contributed by atoms with E-state index in [0.29, 0.717) is 18.3 Å². The van der Waals surface area contributed by atoms with E-state index in [1.165, 1.54) is 0 Å². The molecular weight excluding hydrogens is 268 g/mol. The van der Waals surface area contributed by atoms with Gasteiger partial charge in [0.05, 0.1) is 6.61 Å². The lowest BCUT2D eigenvalue weighted by Gasteiger charge is -2.22. The highest BCUT2D eigenvalue weighted by Crippen LogP contribution is 2.29. The maximum absolute atomic E-state index is 6.02. The summed E-state index contributed by atoms with van der Waals surface area (Å²) < 4.78 is 16.8. The van der Waals surface area contributed by atoms with Crippen molar-refractivity contribution in [2.24, 2.45) is 0 Å². The van der Waals surface area contributed by atoms with Crippen LogP contribution in [0, 0.1) is 6.92 Å². The Morgan fingerprint density at radius 2 is 2.19 bits per heavy atom. The molecule has 0 spiro atoms. The van der Waals surface area contributed by atoms with E-state index in [9.17, 15) is 0 Å². The predicted octanol–water partition coefficient (Wildman–Crippen LogP) is 3.20. The minimum Gasteiger partial charge on any atom is -0.478 e. The summed E-state index contributed by atoms with van der Waals surface area (Å²) in [6, 6.07) is 7.92. The van der Waals surface area contributed by atoms with Crippen LogP contribution in [0.1, 0.15) is 43.5 Å². The molecule has 112 valence electrons. The van der Waals surface area contributed by atoms with Gasteiger partial charge in [-0.1, -0.05) is 17.3 Å². The molecule has 1 atom stereocenters.